The SMILES string of the molecule is CS(=O)c1ccc2c(c1)C(C)(C)C(=O)N2CCCl. The number of amides is 1. The minimum Gasteiger partial charge on any atom is -0.310 e. The lowest BCUT2D eigenvalue weighted by Gasteiger charge is -2.19. The fourth-order valence-electron chi connectivity index (χ4n) is 2.30. The highest BCUT2D eigenvalue weighted by Gasteiger charge is 2.43. The number of carbonyl (C=O) groups is 1. The predicted molar refractivity (Wildman–Crippen MR) is 74.9 cm³/mol. The van der Waals surface area contributed by atoms with Crippen LogP contribution in [0.5, 0.6) is 0 Å². The van der Waals surface area contributed by atoms with E-state index in [4.69, 9.17) is 11.6 Å². The van der Waals surface area contributed by atoms with Crippen LogP contribution in [-0.2, 0) is 21.0 Å². The van der Waals surface area contributed by atoms with E-state index in [1.807, 2.05) is 32.0 Å². The summed E-state index contributed by atoms with van der Waals surface area (Å²) in [6, 6.07) is 5.55. The first kappa shape index (κ1) is 13.6. The average molecular weight is 286 g/mol. The molecule has 1 aromatic carbocycles. The van der Waals surface area contributed by atoms with Crippen molar-refractivity contribution in [3.05, 3.63) is 23.8 Å². The number of anilines is 1. The third-order valence-electron chi connectivity index (χ3n) is 3.35. The molecule has 5 heteroatoms. The summed E-state index contributed by atoms with van der Waals surface area (Å²) in [5.74, 6) is 0.458. The van der Waals surface area contributed by atoms with Gasteiger partial charge in [-0.2, -0.15) is 0 Å². The number of hydrogen-bond donors (Lipinski definition) is 0. The molecule has 0 aliphatic carbocycles. The number of benzene rings is 1. The summed E-state index contributed by atoms with van der Waals surface area (Å²) in [5, 5.41) is 0. The van der Waals surface area contributed by atoms with E-state index < -0.39 is 16.2 Å². The Labute approximate surface area is 115 Å². The molecule has 2 rings (SSSR count). The van der Waals surface area contributed by atoms with Crippen molar-refractivity contribution in [2.45, 2.75) is 24.2 Å². The van der Waals surface area contributed by atoms with Crippen LogP contribution in [0.4, 0.5) is 5.69 Å². The maximum atomic E-state index is 12.3. The second-order valence-corrected chi connectivity index (χ2v) is 6.66. The molecular weight excluding hydrogens is 270 g/mol. The summed E-state index contributed by atoms with van der Waals surface area (Å²) in [6.07, 6.45) is 1.64. The Hall–Kier alpha value is -0.870. The second kappa shape index (κ2) is 4.67. The van der Waals surface area contributed by atoms with Gasteiger partial charge < -0.3 is 4.90 Å². The minimum atomic E-state index is -1.04. The van der Waals surface area contributed by atoms with Gasteiger partial charge in [-0.15, -0.1) is 11.6 Å². The Balaban J connectivity index is 2.57. The quantitative estimate of drug-likeness (QED) is 0.799. The summed E-state index contributed by atoms with van der Waals surface area (Å²) in [6.45, 7) is 4.29. The molecule has 18 heavy (non-hydrogen) atoms. The van der Waals surface area contributed by atoms with Crippen LogP contribution in [0.1, 0.15) is 19.4 Å². The van der Waals surface area contributed by atoms with Gasteiger partial charge in [-0.05, 0) is 37.6 Å². The second-order valence-electron chi connectivity index (χ2n) is 4.90. The van der Waals surface area contributed by atoms with Crippen molar-refractivity contribution in [3.63, 3.8) is 0 Å². The van der Waals surface area contributed by atoms with E-state index in [0.717, 1.165) is 16.1 Å². The summed E-state index contributed by atoms with van der Waals surface area (Å²) < 4.78 is 11.5. The average Bonchev–Trinajstić information content (AvgIpc) is 2.51. The Bertz CT molecular complexity index is 528. The summed E-state index contributed by atoms with van der Waals surface area (Å²) in [5.41, 5.74) is 1.25. The molecule has 0 radical (unpaired) electrons. The zero-order chi connectivity index (χ0) is 13.5. The number of alkyl halides is 1. The molecule has 0 N–H and O–H groups in total. The number of carbonyl (C=O) groups excluding carboxylic acids is 1. The van der Waals surface area contributed by atoms with Gasteiger partial charge in [-0.3, -0.25) is 9.00 Å². The Morgan fingerprint density at radius 3 is 2.61 bits per heavy atom. The van der Waals surface area contributed by atoms with Crippen LogP contribution in [-0.4, -0.2) is 28.8 Å². The summed E-state index contributed by atoms with van der Waals surface area (Å²) in [4.78, 5) is 14.8. The molecule has 1 aliphatic heterocycles. The highest BCUT2D eigenvalue weighted by atomic mass is 35.5. The number of nitrogens with zero attached hydrogens (tertiary/aromatic N) is 1. The van der Waals surface area contributed by atoms with Crippen LogP contribution in [0.15, 0.2) is 23.1 Å². The topological polar surface area (TPSA) is 37.4 Å². The lowest BCUT2D eigenvalue weighted by atomic mass is 9.86. The van der Waals surface area contributed by atoms with Crippen molar-refractivity contribution in [1.29, 1.82) is 0 Å². The van der Waals surface area contributed by atoms with Crippen LogP contribution in [0.3, 0.4) is 0 Å². The Kier molecular flexibility index (Phi) is 3.52. The largest absolute Gasteiger partial charge is 0.310 e. The molecule has 1 unspecified atom stereocenters. The van der Waals surface area contributed by atoms with Gasteiger partial charge >= 0.3 is 0 Å². The molecule has 98 valence electrons. The fourth-order valence-corrected chi connectivity index (χ4v) is 3.01. The number of halogens is 1. The van der Waals surface area contributed by atoms with E-state index in [-0.39, 0.29) is 5.91 Å². The molecule has 0 saturated heterocycles. The van der Waals surface area contributed by atoms with Crippen LogP contribution in [0, 0.1) is 0 Å². The zero-order valence-electron chi connectivity index (χ0n) is 10.7. The lowest BCUT2D eigenvalue weighted by Crippen LogP contribution is -2.37. The molecular formula is C13H16ClNO2S. The molecule has 0 fully saturated rings. The van der Waals surface area contributed by atoms with Gasteiger partial charge in [0.25, 0.3) is 0 Å². The number of hydrogen-bond acceptors (Lipinski definition) is 2. The third kappa shape index (κ3) is 1.97. The van der Waals surface area contributed by atoms with Gasteiger partial charge in [0.1, 0.15) is 0 Å². The van der Waals surface area contributed by atoms with E-state index in [1.165, 1.54) is 0 Å². The van der Waals surface area contributed by atoms with Crippen molar-refractivity contribution >= 4 is 34.0 Å². The van der Waals surface area contributed by atoms with Gasteiger partial charge in [0.15, 0.2) is 0 Å². The molecule has 1 atom stereocenters. The molecule has 0 aromatic heterocycles. The standard InChI is InChI=1S/C13H16ClNO2S/c1-13(2)10-8-9(18(3)17)4-5-11(10)15(7-6-14)12(13)16/h4-5,8H,6-7H2,1-3H3. The number of rotatable bonds is 3. The molecule has 0 bridgehead atoms. The molecule has 1 heterocycles. The van der Waals surface area contributed by atoms with Crippen molar-refractivity contribution in [1.82, 2.24) is 0 Å². The molecule has 3 nitrogen and oxygen atoms in total. The Morgan fingerprint density at radius 2 is 2.06 bits per heavy atom. The van der Waals surface area contributed by atoms with Crippen molar-refractivity contribution in [2.24, 2.45) is 0 Å². The van der Waals surface area contributed by atoms with Crippen LogP contribution < -0.4 is 4.90 Å². The molecule has 0 saturated carbocycles. The third-order valence-corrected chi connectivity index (χ3v) is 4.44. The van der Waals surface area contributed by atoms with Gasteiger partial charge in [-0.1, -0.05) is 0 Å². The van der Waals surface area contributed by atoms with Crippen LogP contribution in [0.2, 0.25) is 0 Å². The van der Waals surface area contributed by atoms with Gasteiger partial charge in [-0.25, -0.2) is 0 Å². The Morgan fingerprint density at radius 1 is 1.39 bits per heavy atom. The highest BCUT2D eigenvalue weighted by molar-refractivity contribution is 7.84. The fraction of sp³-hybridized carbons (Fsp3) is 0.462. The lowest BCUT2D eigenvalue weighted by molar-refractivity contribution is -0.122. The molecule has 1 amide bonds. The minimum absolute atomic E-state index is 0.0529. The van der Waals surface area contributed by atoms with E-state index in [2.05, 4.69) is 0 Å². The van der Waals surface area contributed by atoms with E-state index in [9.17, 15) is 9.00 Å². The first-order chi connectivity index (χ1) is 8.39. The normalized spacial score (nSPS) is 18.9. The van der Waals surface area contributed by atoms with Crippen LogP contribution >= 0.6 is 11.6 Å². The van der Waals surface area contributed by atoms with Gasteiger partial charge in [0.2, 0.25) is 5.91 Å². The van der Waals surface area contributed by atoms with Crippen molar-refractivity contribution < 1.29 is 9.00 Å². The number of fused-ring (bicyclic) bond motifs is 1. The zero-order valence-corrected chi connectivity index (χ0v) is 12.3. The van der Waals surface area contributed by atoms with Crippen molar-refractivity contribution in [3.8, 4) is 0 Å². The van der Waals surface area contributed by atoms with Crippen molar-refractivity contribution in [2.75, 3.05) is 23.6 Å². The maximum absolute atomic E-state index is 12.3. The predicted octanol–water partition coefficient (Wildman–Crippen LogP) is 2.29. The molecule has 1 aliphatic rings. The highest BCUT2D eigenvalue weighted by Crippen LogP contribution is 2.42. The van der Waals surface area contributed by atoms with E-state index in [1.54, 1.807) is 11.2 Å². The van der Waals surface area contributed by atoms with E-state index >= 15 is 0 Å². The maximum Gasteiger partial charge on any atom is 0.237 e. The van der Waals surface area contributed by atoms with Gasteiger partial charge in [0, 0.05) is 40.1 Å². The smallest absolute Gasteiger partial charge is 0.237 e. The van der Waals surface area contributed by atoms with E-state index in [0.29, 0.717) is 12.4 Å². The van der Waals surface area contributed by atoms with Gasteiger partial charge in [0.05, 0.1) is 5.41 Å². The molecule has 1 aromatic rings. The monoisotopic (exact) mass is 285 g/mol. The first-order valence-electron chi connectivity index (χ1n) is 5.75. The van der Waals surface area contributed by atoms with Crippen LogP contribution in [0.25, 0.3) is 0 Å². The first-order valence-corrected chi connectivity index (χ1v) is 7.84. The summed E-state index contributed by atoms with van der Waals surface area (Å²) >= 11 is 5.75. The molecule has 0 spiro atoms. The summed E-state index contributed by atoms with van der Waals surface area (Å²) in [7, 11) is -1.04.